The van der Waals surface area contributed by atoms with Crippen LogP contribution >= 0.6 is 12.4 Å². The van der Waals surface area contributed by atoms with Crippen molar-refractivity contribution in [3.63, 3.8) is 0 Å². The summed E-state index contributed by atoms with van der Waals surface area (Å²) < 4.78 is 0. The maximum atomic E-state index is 12.6. The fraction of sp³-hybridized carbons (Fsp3) is 0.611. The number of halogens is 1. The Kier molecular flexibility index (Phi) is 6.45. The van der Waals surface area contributed by atoms with Gasteiger partial charge in [0, 0.05) is 12.6 Å². The molecule has 1 amide bonds. The van der Waals surface area contributed by atoms with Gasteiger partial charge >= 0.3 is 0 Å². The quantitative estimate of drug-likeness (QED) is 0.927. The monoisotopic (exact) mass is 324 g/mol. The maximum absolute atomic E-state index is 12.6. The number of benzene rings is 1. The minimum Gasteiger partial charge on any atom is -0.338 e. The molecule has 0 spiro atoms. The number of hydrogen-bond donors (Lipinski definition) is 1. The Morgan fingerprint density at radius 3 is 2.45 bits per heavy atom. The molecule has 3 atom stereocenters. The van der Waals surface area contributed by atoms with Crippen LogP contribution in [0.1, 0.15) is 39.7 Å². The maximum Gasteiger partial charge on any atom is 0.240 e. The molecule has 2 N–H and O–H groups in total. The van der Waals surface area contributed by atoms with Gasteiger partial charge in [-0.1, -0.05) is 51.1 Å². The molecule has 0 aliphatic carbocycles. The van der Waals surface area contributed by atoms with E-state index in [2.05, 4.69) is 31.2 Å². The zero-order valence-corrected chi connectivity index (χ0v) is 14.9. The summed E-state index contributed by atoms with van der Waals surface area (Å²) in [5.41, 5.74) is 7.31. The number of rotatable bonds is 3. The predicted octanol–water partition coefficient (Wildman–Crippen LogP) is 3.26. The normalized spacial score (nSPS) is 23.0. The molecule has 1 saturated heterocycles. The Morgan fingerprint density at radius 2 is 1.91 bits per heavy atom. The number of carbonyl (C=O) groups excluding carboxylic acids is 1. The van der Waals surface area contributed by atoms with Crippen molar-refractivity contribution in [2.75, 3.05) is 6.54 Å². The Balaban J connectivity index is 0.00000242. The molecule has 1 aromatic rings. The number of likely N-dealkylation sites (tertiary alicyclic amines) is 1. The highest BCUT2D eigenvalue weighted by Gasteiger charge is 2.38. The molecule has 1 heterocycles. The van der Waals surface area contributed by atoms with Crippen LogP contribution in [0.4, 0.5) is 0 Å². The van der Waals surface area contributed by atoms with Crippen molar-refractivity contribution < 1.29 is 4.79 Å². The number of nitrogens with zero attached hydrogens (tertiary/aromatic N) is 1. The fourth-order valence-corrected chi connectivity index (χ4v) is 3.05. The van der Waals surface area contributed by atoms with Gasteiger partial charge in [0.2, 0.25) is 5.91 Å². The summed E-state index contributed by atoms with van der Waals surface area (Å²) in [4.78, 5) is 14.6. The number of nitrogens with two attached hydrogens (primary N) is 1. The van der Waals surface area contributed by atoms with E-state index in [1.54, 1.807) is 0 Å². The summed E-state index contributed by atoms with van der Waals surface area (Å²) in [6.45, 7) is 9.07. The lowest BCUT2D eigenvalue weighted by Crippen LogP contribution is -2.51. The van der Waals surface area contributed by atoms with E-state index < -0.39 is 6.04 Å². The van der Waals surface area contributed by atoms with Crippen LogP contribution in [0.2, 0.25) is 0 Å². The lowest BCUT2D eigenvalue weighted by Gasteiger charge is -2.33. The van der Waals surface area contributed by atoms with Crippen molar-refractivity contribution in [1.82, 2.24) is 4.90 Å². The van der Waals surface area contributed by atoms with Crippen molar-refractivity contribution in [2.45, 2.75) is 52.6 Å². The largest absolute Gasteiger partial charge is 0.338 e. The van der Waals surface area contributed by atoms with Crippen molar-refractivity contribution in [1.29, 1.82) is 0 Å². The molecule has 0 saturated carbocycles. The first kappa shape index (κ1) is 19.0. The molecule has 0 aromatic heterocycles. The summed E-state index contributed by atoms with van der Waals surface area (Å²) in [5, 5.41) is 0. The first-order chi connectivity index (χ1) is 9.80. The highest BCUT2D eigenvalue weighted by atomic mass is 35.5. The van der Waals surface area contributed by atoms with E-state index in [1.165, 1.54) is 5.56 Å². The third-order valence-corrected chi connectivity index (χ3v) is 4.74. The van der Waals surface area contributed by atoms with Crippen molar-refractivity contribution in [3.8, 4) is 0 Å². The van der Waals surface area contributed by atoms with E-state index in [0.717, 1.165) is 19.4 Å². The molecule has 0 radical (unpaired) electrons. The van der Waals surface area contributed by atoms with Crippen LogP contribution < -0.4 is 5.73 Å². The van der Waals surface area contributed by atoms with Gasteiger partial charge in [-0.3, -0.25) is 4.79 Å². The molecule has 1 fully saturated rings. The molecule has 124 valence electrons. The second kappa shape index (κ2) is 7.47. The van der Waals surface area contributed by atoms with Crippen LogP contribution in [0.15, 0.2) is 30.3 Å². The van der Waals surface area contributed by atoms with Gasteiger partial charge in [-0.15, -0.1) is 12.4 Å². The fourth-order valence-electron chi connectivity index (χ4n) is 3.05. The van der Waals surface area contributed by atoms with Gasteiger partial charge < -0.3 is 10.6 Å². The zero-order chi connectivity index (χ0) is 15.6. The van der Waals surface area contributed by atoms with Crippen LogP contribution in [0.25, 0.3) is 0 Å². The van der Waals surface area contributed by atoms with Crippen molar-refractivity contribution in [3.05, 3.63) is 35.9 Å². The molecule has 2 unspecified atom stereocenters. The molecule has 1 aliphatic rings. The van der Waals surface area contributed by atoms with Gasteiger partial charge in [0.1, 0.15) is 0 Å². The standard InChI is InChI=1S/C18H28N2O.ClH/c1-13-15(12-14-8-6-5-7-9-14)10-11-20(13)17(21)16(19)18(2,3)4;/h5-9,13,15-16H,10-12,19H2,1-4H3;1H/t13?,15?,16-;/m1./s1. The van der Waals surface area contributed by atoms with E-state index in [0.29, 0.717) is 5.92 Å². The Labute approximate surface area is 140 Å². The summed E-state index contributed by atoms with van der Waals surface area (Å²) in [6, 6.07) is 10.4. The van der Waals surface area contributed by atoms with Crippen LogP contribution in [-0.2, 0) is 11.2 Å². The molecule has 1 aliphatic heterocycles. The van der Waals surface area contributed by atoms with E-state index in [4.69, 9.17) is 5.73 Å². The SMILES string of the molecule is CC1C(Cc2ccccc2)CCN1C(=O)[C@@H](N)C(C)(C)C.Cl. The molecule has 2 rings (SSSR count). The van der Waals surface area contributed by atoms with Crippen molar-refractivity contribution >= 4 is 18.3 Å². The average Bonchev–Trinajstić information content (AvgIpc) is 2.79. The topological polar surface area (TPSA) is 46.3 Å². The van der Waals surface area contributed by atoms with Crippen LogP contribution in [-0.4, -0.2) is 29.4 Å². The average molecular weight is 325 g/mol. The molecular formula is C18H29ClN2O. The molecule has 22 heavy (non-hydrogen) atoms. The van der Waals surface area contributed by atoms with E-state index in [-0.39, 0.29) is 29.8 Å². The van der Waals surface area contributed by atoms with Gasteiger partial charge in [0.25, 0.3) is 0 Å². The summed E-state index contributed by atoms with van der Waals surface area (Å²) in [6.07, 6.45) is 2.11. The van der Waals surface area contributed by atoms with E-state index in [9.17, 15) is 4.79 Å². The minimum atomic E-state index is -0.421. The van der Waals surface area contributed by atoms with Gasteiger partial charge in [0.15, 0.2) is 0 Å². The minimum absolute atomic E-state index is 0. The lowest BCUT2D eigenvalue weighted by molar-refractivity contribution is -0.135. The first-order valence-electron chi connectivity index (χ1n) is 7.90. The molecule has 1 aromatic carbocycles. The smallest absolute Gasteiger partial charge is 0.240 e. The Morgan fingerprint density at radius 1 is 1.32 bits per heavy atom. The van der Waals surface area contributed by atoms with Crippen LogP contribution in [0.5, 0.6) is 0 Å². The summed E-state index contributed by atoms with van der Waals surface area (Å²) in [7, 11) is 0. The van der Waals surface area contributed by atoms with Gasteiger partial charge in [0.05, 0.1) is 6.04 Å². The third kappa shape index (κ3) is 4.23. The van der Waals surface area contributed by atoms with E-state index >= 15 is 0 Å². The summed E-state index contributed by atoms with van der Waals surface area (Å²) >= 11 is 0. The highest BCUT2D eigenvalue weighted by Crippen LogP contribution is 2.30. The lowest BCUT2D eigenvalue weighted by atomic mass is 9.86. The molecule has 0 bridgehead atoms. The first-order valence-corrected chi connectivity index (χ1v) is 7.90. The molecular weight excluding hydrogens is 296 g/mol. The Bertz CT molecular complexity index is 484. The highest BCUT2D eigenvalue weighted by molar-refractivity contribution is 5.85. The Hall–Kier alpha value is -1.06. The zero-order valence-electron chi connectivity index (χ0n) is 14.1. The van der Waals surface area contributed by atoms with Gasteiger partial charge in [-0.25, -0.2) is 0 Å². The van der Waals surface area contributed by atoms with Crippen molar-refractivity contribution in [2.24, 2.45) is 17.1 Å². The second-order valence-electron chi connectivity index (χ2n) is 7.35. The number of hydrogen-bond acceptors (Lipinski definition) is 2. The van der Waals surface area contributed by atoms with Crippen LogP contribution in [0.3, 0.4) is 0 Å². The third-order valence-electron chi connectivity index (χ3n) is 4.74. The number of amides is 1. The molecule has 3 nitrogen and oxygen atoms in total. The van der Waals surface area contributed by atoms with Gasteiger partial charge in [-0.05, 0) is 36.7 Å². The predicted molar refractivity (Wildman–Crippen MR) is 94.1 cm³/mol. The molecule has 4 heteroatoms. The van der Waals surface area contributed by atoms with Crippen LogP contribution in [0, 0.1) is 11.3 Å². The van der Waals surface area contributed by atoms with Gasteiger partial charge in [-0.2, -0.15) is 0 Å². The second-order valence-corrected chi connectivity index (χ2v) is 7.35. The van der Waals surface area contributed by atoms with E-state index in [1.807, 2.05) is 31.7 Å². The number of carbonyl (C=O) groups is 1. The summed E-state index contributed by atoms with van der Waals surface area (Å²) in [5.74, 6) is 0.633.